The lowest BCUT2D eigenvalue weighted by molar-refractivity contribution is -0.140. The van der Waals surface area contributed by atoms with Crippen LogP contribution in [-0.4, -0.2) is 13.1 Å². The second kappa shape index (κ2) is 7.06. The molecule has 0 spiro atoms. The molecule has 0 saturated heterocycles. The lowest BCUT2D eigenvalue weighted by Crippen LogP contribution is -1.98. The molecule has 0 aromatic carbocycles. The molecule has 2 nitrogen and oxygen atoms in total. The Kier molecular flexibility index (Phi) is 6.39. The third-order valence-corrected chi connectivity index (χ3v) is 1.25. The van der Waals surface area contributed by atoms with Gasteiger partial charge in [0.25, 0.3) is 0 Å². The molecule has 0 atom stereocenters. The SMILES string of the molecule is C=C/C=C/CCCC(=O)OC. The van der Waals surface area contributed by atoms with Gasteiger partial charge in [0.05, 0.1) is 7.11 Å². The lowest BCUT2D eigenvalue weighted by atomic mass is 10.2. The van der Waals surface area contributed by atoms with E-state index in [4.69, 9.17) is 0 Å². The van der Waals surface area contributed by atoms with Crippen molar-refractivity contribution < 1.29 is 9.53 Å². The predicted molar refractivity (Wildman–Crippen MR) is 45.2 cm³/mol. The van der Waals surface area contributed by atoms with Gasteiger partial charge in [0.15, 0.2) is 0 Å². The summed E-state index contributed by atoms with van der Waals surface area (Å²) in [4.78, 5) is 10.6. The number of carbonyl (C=O) groups excluding carboxylic acids is 1. The number of hydrogen-bond acceptors (Lipinski definition) is 2. The highest BCUT2D eigenvalue weighted by atomic mass is 16.5. The first-order valence-corrected chi connectivity index (χ1v) is 3.65. The largest absolute Gasteiger partial charge is 0.469 e. The van der Waals surface area contributed by atoms with E-state index in [0.29, 0.717) is 6.42 Å². The van der Waals surface area contributed by atoms with Crippen molar-refractivity contribution in [1.82, 2.24) is 0 Å². The number of esters is 1. The van der Waals surface area contributed by atoms with Gasteiger partial charge in [-0.2, -0.15) is 0 Å². The van der Waals surface area contributed by atoms with E-state index in [1.165, 1.54) is 7.11 Å². The molecule has 0 amide bonds. The number of allylic oxidation sites excluding steroid dienone is 3. The Morgan fingerprint density at radius 2 is 2.36 bits per heavy atom. The van der Waals surface area contributed by atoms with Crippen LogP contribution in [0.4, 0.5) is 0 Å². The molecule has 0 aliphatic heterocycles. The van der Waals surface area contributed by atoms with E-state index < -0.39 is 0 Å². The van der Waals surface area contributed by atoms with Crippen molar-refractivity contribution in [2.24, 2.45) is 0 Å². The second-order valence-corrected chi connectivity index (χ2v) is 2.13. The summed E-state index contributed by atoms with van der Waals surface area (Å²) in [6.45, 7) is 3.53. The van der Waals surface area contributed by atoms with Gasteiger partial charge in [-0.3, -0.25) is 4.79 Å². The van der Waals surface area contributed by atoms with Crippen molar-refractivity contribution in [3.63, 3.8) is 0 Å². The molecular weight excluding hydrogens is 140 g/mol. The summed E-state index contributed by atoms with van der Waals surface area (Å²) in [5.74, 6) is -0.142. The molecule has 62 valence electrons. The van der Waals surface area contributed by atoms with Gasteiger partial charge in [0.1, 0.15) is 0 Å². The summed E-state index contributed by atoms with van der Waals surface area (Å²) < 4.78 is 4.47. The van der Waals surface area contributed by atoms with Crippen LogP contribution in [0.3, 0.4) is 0 Å². The fraction of sp³-hybridized carbons (Fsp3) is 0.444. The molecule has 0 aromatic heterocycles. The Bertz CT molecular complexity index is 148. The van der Waals surface area contributed by atoms with Crippen LogP contribution in [-0.2, 0) is 9.53 Å². The maximum Gasteiger partial charge on any atom is 0.305 e. The standard InChI is InChI=1S/C9H14O2/c1-3-4-5-6-7-8-9(10)11-2/h3-5H,1,6-8H2,2H3/b5-4+. The highest BCUT2D eigenvalue weighted by Gasteiger charge is 1.96. The highest BCUT2D eigenvalue weighted by Crippen LogP contribution is 1.97. The third kappa shape index (κ3) is 6.84. The number of methoxy groups -OCH3 is 1. The van der Waals surface area contributed by atoms with Crippen LogP contribution in [0.25, 0.3) is 0 Å². The molecule has 11 heavy (non-hydrogen) atoms. The number of rotatable bonds is 5. The van der Waals surface area contributed by atoms with Gasteiger partial charge in [-0.25, -0.2) is 0 Å². The van der Waals surface area contributed by atoms with Gasteiger partial charge in [-0.1, -0.05) is 24.8 Å². The molecule has 0 aromatic rings. The quantitative estimate of drug-likeness (QED) is 0.344. The molecule has 0 aliphatic carbocycles. The van der Waals surface area contributed by atoms with Gasteiger partial charge >= 0.3 is 5.97 Å². The maximum absolute atomic E-state index is 10.6. The average molecular weight is 154 g/mol. The normalized spacial score (nSPS) is 9.91. The Balaban J connectivity index is 3.20. The van der Waals surface area contributed by atoms with E-state index in [-0.39, 0.29) is 5.97 Å². The number of ether oxygens (including phenoxy) is 1. The summed E-state index contributed by atoms with van der Waals surface area (Å²) in [6, 6.07) is 0. The summed E-state index contributed by atoms with van der Waals surface area (Å²) in [5.41, 5.74) is 0. The molecule has 0 radical (unpaired) electrons. The lowest BCUT2D eigenvalue weighted by Gasteiger charge is -1.94. The van der Waals surface area contributed by atoms with Crippen LogP contribution in [0.15, 0.2) is 24.8 Å². The predicted octanol–water partition coefficient (Wildman–Crippen LogP) is 2.07. The van der Waals surface area contributed by atoms with Crippen molar-refractivity contribution in [1.29, 1.82) is 0 Å². The van der Waals surface area contributed by atoms with Gasteiger partial charge in [0.2, 0.25) is 0 Å². The zero-order valence-electron chi connectivity index (χ0n) is 6.88. The van der Waals surface area contributed by atoms with E-state index in [2.05, 4.69) is 11.3 Å². The monoisotopic (exact) mass is 154 g/mol. The number of unbranched alkanes of at least 4 members (excludes halogenated alkanes) is 1. The molecule has 0 unspecified atom stereocenters. The van der Waals surface area contributed by atoms with Crippen molar-refractivity contribution in [3.8, 4) is 0 Å². The van der Waals surface area contributed by atoms with Gasteiger partial charge in [-0.15, -0.1) is 0 Å². The molecule has 0 saturated carbocycles. The van der Waals surface area contributed by atoms with E-state index in [9.17, 15) is 4.79 Å². The molecule has 0 fully saturated rings. The van der Waals surface area contributed by atoms with Gasteiger partial charge < -0.3 is 4.74 Å². The Morgan fingerprint density at radius 3 is 2.91 bits per heavy atom. The van der Waals surface area contributed by atoms with Gasteiger partial charge in [0, 0.05) is 6.42 Å². The summed E-state index contributed by atoms with van der Waals surface area (Å²) in [7, 11) is 1.40. The van der Waals surface area contributed by atoms with Crippen LogP contribution in [0.2, 0.25) is 0 Å². The molecule has 2 heteroatoms. The molecule has 0 heterocycles. The first kappa shape index (κ1) is 9.95. The van der Waals surface area contributed by atoms with E-state index in [1.54, 1.807) is 6.08 Å². The summed E-state index contributed by atoms with van der Waals surface area (Å²) in [6.07, 6.45) is 7.82. The maximum atomic E-state index is 10.6. The topological polar surface area (TPSA) is 26.3 Å². The first-order valence-electron chi connectivity index (χ1n) is 3.65. The van der Waals surface area contributed by atoms with Crippen LogP contribution >= 0.6 is 0 Å². The van der Waals surface area contributed by atoms with Crippen molar-refractivity contribution in [3.05, 3.63) is 24.8 Å². The van der Waals surface area contributed by atoms with Crippen LogP contribution in [0.5, 0.6) is 0 Å². The highest BCUT2D eigenvalue weighted by molar-refractivity contribution is 5.68. The van der Waals surface area contributed by atoms with E-state index in [0.717, 1.165) is 12.8 Å². The fourth-order valence-corrected chi connectivity index (χ4v) is 0.659. The van der Waals surface area contributed by atoms with E-state index in [1.807, 2.05) is 12.2 Å². The van der Waals surface area contributed by atoms with Crippen LogP contribution in [0.1, 0.15) is 19.3 Å². The Morgan fingerprint density at radius 1 is 1.64 bits per heavy atom. The Hall–Kier alpha value is -1.05. The summed E-state index contributed by atoms with van der Waals surface area (Å²) >= 11 is 0. The van der Waals surface area contributed by atoms with Crippen molar-refractivity contribution >= 4 is 5.97 Å². The minimum absolute atomic E-state index is 0.142. The number of hydrogen-bond donors (Lipinski definition) is 0. The summed E-state index contributed by atoms with van der Waals surface area (Å²) in [5, 5.41) is 0. The average Bonchev–Trinajstić information content (AvgIpc) is 2.04. The third-order valence-electron chi connectivity index (χ3n) is 1.25. The molecule has 0 bridgehead atoms. The first-order chi connectivity index (χ1) is 5.31. The van der Waals surface area contributed by atoms with Crippen molar-refractivity contribution in [2.75, 3.05) is 7.11 Å². The fourth-order valence-electron chi connectivity index (χ4n) is 0.659. The second-order valence-electron chi connectivity index (χ2n) is 2.13. The number of carbonyl (C=O) groups is 1. The van der Waals surface area contributed by atoms with E-state index >= 15 is 0 Å². The zero-order chi connectivity index (χ0) is 8.53. The minimum Gasteiger partial charge on any atom is -0.469 e. The zero-order valence-corrected chi connectivity index (χ0v) is 6.88. The van der Waals surface area contributed by atoms with Crippen LogP contribution in [0, 0.1) is 0 Å². The van der Waals surface area contributed by atoms with Crippen molar-refractivity contribution in [2.45, 2.75) is 19.3 Å². The minimum atomic E-state index is -0.142. The van der Waals surface area contributed by atoms with Gasteiger partial charge in [-0.05, 0) is 12.8 Å². The Labute approximate surface area is 67.6 Å². The molecular formula is C9H14O2. The smallest absolute Gasteiger partial charge is 0.305 e. The van der Waals surface area contributed by atoms with Crippen LogP contribution < -0.4 is 0 Å². The molecule has 0 rings (SSSR count). The molecule has 0 aliphatic rings. The molecule has 0 N–H and O–H groups in total.